The third-order valence-corrected chi connectivity index (χ3v) is 5.24. The van der Waals surface area contributed by atoms with Crippen LogP contribution < -0.4 is 10.6 Å². The molecule has 1 heterocycles. The van der Waals surface area contributed by atoms with Gasteiger partial charge in [-0.3, -0.25) is 14.5 Å². The van der Waals surface area contributed by atoms with Crippen LogP contribution in [0.3, 0.4) is 0 Å². The van der Waals surface area contributed by atoms with Gasteiger partial charge in [0.05, 0.1) is 0 Å². The summed E-state index contributed by atoms with van der Waals surface area (Å²) in [6.45, 7) is 0.428. The molecule has 0 unspecified atom stereocenters. The summed E-state index contributed by atoms with van der Waals surface area (Å²) in [7, 11) is 0. The Bertz CT molecular complexity index is 713. The van der Waals surface area contributed by atoms with E-state index in [1.165, 1.54) is 0 Å². The van der Waals surface area contributed by atoms with Gasteiger partial charge in [0.15, 0.2) is 0 Å². The van der Waals surface area contributed by atoms with Crippen LogP contribution in [0.5, 0.6) is 0 Å². The normalized spacial score (nSPS) is 25.6. The number of aryl methyl sites for hydroxylation is 1. The van der Waals surface area contributed by atoms with Crippen molar-refractivity contribution in [3.05, 3.63) is 35.4 Å². The van der Waals surface area contributed by atoms with Crippen LogP contribution >= 0.6 is 0 Å². The Balaban J connectivity index is 1.54. The second kappa shape index (κ2) is 5.61. The van der Waals surface area contributed by atoms with Gasteiger partial charge in [-0.05, 0) is 49.1 Å². The second-order valence-electron chi connectivity index (χ2n) is 6.98. The lowest BCUT2D eigenvalue weighted by molar-refractivity contribution is -0.135. The molecule has 3 aliphatic rings. The second-order valence-corrected chi connectivity index (χ2v) is 6.98. The fraction of sp³-hybridized carbons (Fsp3) is 0.500. The Morgan fingerprint density at radius 2 is 2.08 bits per heavy atom. The minimum absolute atomic E-state index is 0.207. The lowest BCUT2D eigenvalue weighted by atomic mass is 9.76. The number of amides is 4. The number of rotatable bonds is 4. The van der Waals surface area contributed by atoms with E-state index in [9.17, 15) is 14.4 Å². The van der Waals surface area contributed by atoms with E-state index in [4.69, 9.17) is 0 Å². The standard InChI is InChI=1S/C18H21N3O3/c22-15(19-10-12-7-8-12)11-21-16(23)18(20-17(21)24)9-3-5-13-4-1-2-6-14(13)18/h1-2,4,6,12H,3,5,7-11H2,(H,19,22)(H,20,24)/t18-/m0/s1. The largest absolute Gasteiger partial charge is 0.354 e. The number of imide groups is 1. The van der Waals surface area contributed by atoms with Gasteiger partial charge in [-0.25, -0.2) is 4.79 Å². The van der Waals surface area contributed by atoms with E-state index < -0.39 is 11.6 Å². The topological polar surface area (TPSA) is 78.5 Å². The maximum absolute atomic E-state index is 13.0. The number of carbonyl (C=O) groups excluding carboxylic acids is 3. The van der Waals surface area contributed by atoms with Crippen molar-refractivity contribution in [1.29, 1.82) is 0 Å². The Kier molecular flexibility index (Phi) is 3.55. The SMILES string of the molecule is O=C(CN1C(=O)N[C@]2(CCCc3ccccc32)C1=O)NCC1CC1. The lowest BCUT2D eigenvalue weighted by Crippen LogP contribution is -2.47. The van der Waals surface area contributed by atoms with Crippen LogP contribution in [0.25, 0.3) is 0 Å². The van der Waals surface area contributed by atoms with Gasteiger partial charge in [-0.15, -0.1) is 0 Å². The molecule has 1 aromatic carbocycles. The Morgan fingerprint density at radius 1 is 1.29 bits per heavy atom. The van der Waals surface area contributed by atoms with Gasteiger partial charge in [0.1, 0.15) is 12.1 Å². The molecule has 2 N–H and O–H groups in total. The molecule has 1 spiro atoms. The molecule has 1 saturated heterocycles. The summed E-state index contributed by atoms with van der Waals surface area (Å²) in [6.07, 6.45) is 4.61. The van der Waals surface area contributed by atoms with E-state index in [1.807, 2.05) is 24.3 Å². The number of hydrogen-bond donors (Lipinski definition) is 2. The third-order valence-electron chi connectivity index (χ3n) is 5.24. The van der Waals surface area contributed by atoms with Crippen molar-refractivity contribution in [2.45, 2.75) is 37.6 Å². The molecule has 4 amide bonds. The van der Waals surface area contributed by atoms with Crippen molar-refractivity contribution in [1.82, 2.24) is 15.5 Å². The molecule has 2 aliphatic carbocycles. The van der Waals surface area contributed by atoms with E-state index in [1.54, 1.807) is 0 Å². The van der Waals surface area contributed by atoms with Crippen molar-refractivity contribution in [2.24, 2.45) is 5.92 Å². The van der Waals surface area contributed by atoms with Crippen LogP contribution in [0.15, 0.2) is 24.3 Å². The van der Waals surface area contributed by atoms with Crippen molar-refractivity contribution >= 4 is 17.8 Å². The van der Waals surface area contributed by atoms with Gasteiger partial charge < -0.3 is 10.6 Å². The summed E-state index contributed by atoms with van der Waals surface area (Å²) in [4.78, 5) is 38.5. The van der Waals surface area contributed by atoms with Gasteiger partial charge in [-0.2, -0.15) is 0 Å². The average Bonchev–Trinajstić information content (AvgIpc) is 3.38. The van der Waals surface area contributed by atoms with Gasteiger partial charge in [0.25, 0.3) is 5.91 Å². The number of urea groups is 1. The molecule has 1 atom stereocenters. The predicted molar refractivity (Wildman–Crippen MR) is 87.0 cm³/mol. The predicted octanol–water partition coefficient (Wildman–Crippen LogP) is 1.30. The maximum Gasteiger partial charge on any atom is 0.325 e. The average molecular weight is 327 g/mol. The van der Waals surface area contributed by atoms with Crippen LogP contribution in [0.4, 0.5) is 4.79 Å². The molecule has 1 aromatic rings. The molecular formula is C18H21N3O3. The minimum Gasteiger partial charge on any atom is -0.354 e. The Morgan fingerprint density at radius 3 is 2.88 bits per heavy atom. The van der Waals surface area contributed by atoms with E-state index >= 15 is 0 Å². The Hall–Kier alpha value is -2.37. The fourth-order valence-electron chi connectivity index (χ4n) is 3.73. The molecule has 1 aliphatic heterocycles. The van der Waals surface area contributed by atoms with Gasteiger partial charge in [0.2, 0.25) is 5.91 Å². The zero-order valence-corrected chi connectivity index (χ0v) is 13.5. The summed E-state index contributed by atoms with van der Waals surface area (Å²) in [5, 5.41) is 5.68. The van der Waals surface area contributed by atoms with Crippen LogP contribution in [-0.2, 0) is 21.5 Å². The monoisotopic (exact) mass is 327 g/mol. The van der Waals surface area contributed by atoms with Crippen LogP contribution in [0, 0.1) is 5.92 Å². The highest BCUT2D eigenvalue weighted by atomic mass is 16.2. The minimum atomic E-state index is -0.997. The molecule has 0 bridgehead atoms. The number of fused-ring (bicyclic) bond motifs is 2. The fourth-order valence-corrected chi connectivity index (χ4v) is 3.73. The quantitative estimate of drug-likeness (QED) is 0.818. The molecule has 0 radical (unpaired) electrons. The third kappa shape index (κ3) is 2.46. The van der Waals surface area contributed by atoms with Crippen LogP contribution in [0.1, 0.15) is 36.8 Å². The number of nitrogens with one attached hydrogen (secondary N) is 2. The first-order chi connectivity index (χ1) is 11.6. The van der Waals surface area contributed by atoms with Gasteiger partial charge in [0, 0.05) is 6.54 Å². The molecule has 1 saturated carbocycles. The number of hydrogen-bond acceptors (Lipinski definition) is 3. The van der Waals surface area contributed by atoms with Crippen LogP contribution in [0.2, 0.25) is 0 Å². The van der Waals surface area contributed by atoms with Crippen LogP contribution in [-0.4, -0.2) is 35.8 Å². The number of benzene rings is 1. The molecule has 126 valence electrons. The summed E-state index contributed by atoms with van der Waals surface area (Å²) >= 11 is 0. The molecule has 0 aromatic heterocycles. The van der Waals surface area contributed by atoms with Gasteiger partial charge >= 0.3 is 6.03 Å². The smallest absolute Gasteiger partial charge is 0.325 e. The lowest BCUT2D eigenvalue weighted by Gasteiger charge is -2.33. The highest BCUT2D eigenvalue weighted by molar-refractivity contribution is 6.09. The molecule has 24 heavy (non-hydrogen) atoms. The zero-order valence-electron chi connectivity index (χ0n) is 13.5. The number of nitrogens with zero attached hydrogens (tertiary/aromatic N) is 1. The summed E-state index contributed by atoms with van der Waals surface area (Å²) < 4.78 is 0. The highest BCUT2D eigenvalue weighted by Crippen LogP contribution is 2.39. The summed E-state index contributed by atoms with van der Waals surface area (Å²) in [5.74, 6) is -0.0126. The van der Waals surface area contributed by atoms with E-state index in [-0.39, 0.29) is 18.4 Å². The maximum atomic E-state index is 13.0. The molecule has 6 heteroatoms. The molecular weight excluding hydrogens is 306 g/mol. The van der Waals surface area contributed by atoms with Crippen molar-refractivity contribution in [3.63, 3.8) is 0 Å². The van der Waals surface area contributed by atoms with E-state index in [0.29, 0.717) is 18.9 Å². The first kappa shape index (κ1) is 15.2. The first-order valence-electron chi connectivity index (χ1n) is 8.59. The zero-order chi connectivity index (χ0) is 16.7. The van der Waals surface area contributed by atoms with Crippen molar-refractivity contribution in [3.8, 4) is 0 Å². The molecule has 4 rings (SSSR count). The molecule has 2 fully saturated rings. The highest BCUT2D eigenvalue weighted by Gasteiger charge is 2.54. The Labute approximate surface area is 140 Å². The first-order valence-corrected chi connectivity index (χ1v) is 8.59. The number of carbonyl (C=O) groups is 3. The van der Waals surface area contributed by atoms with Gasteiger partial charge in [-0.1, -0.05) is 24.3 Å². The van der Waals surface area contributed by atoms with E-state index in [2.05, 4.69) is 10.6 Å². The molecule has 6 nitrogen and oxygen atoms in total. The van der Waals surface area contributed by atoms with Crippen molar-refractivity contribution < 1.29 is 14.4 Å². The van der Waals surface area contributed by atoms with E-state index in [0.717, 1.165) is 41.7 Å². The summed E-state index contributed by atoms with van der Waals surface area (Å²) in [6, 6.07) is 7.26. The summed E-state index contributed by atoms with van der Waals surface area (Å²) in [5.41, 5.74) is 0.968. The van der Waals surface area contributed by atoms with Crippen molar-refractivity contribution in [2.75, 3.05) is 13.1 Å².